The van der Waals surface area contributed by atoms with E-state index >= 15 is 0 Å². The van der Waals surface area contributed by atoms with E-state index in [1.165, 1.54) is 12.1 Å². The molecule has 1 saturated carbocycles. The number of rotatable bonds is 5. The number of fused-ring (bicyclic) bond motifs is 2. The van der Waals surface area contributed by atoms with Crippen LogP contribution in [0.2, 0.25) is 0 Å². The van der Waals surface area contributed by atoms with E-state index in [1.54, 1.807) is 24.8 Å². The van der Waals surface area contributed by atoms with E-state index in [9.17, 15) is 14.3 Å². The fraction of sp³-hybridized carbons (Fsp3) is 0.167. The molecule has 1 aliphatic rings. The SMILES string of the molecule is O=C(Nc1cncc(-c2ccc3[nH]nc(-c4cc5c(-c6cc(O)cc(F)c6)cncc5[nH]4)c3n2)c1)C1CCCC1. The van der Waals surface area contributed by atoms with Crippen molar-refractivity contribution in [2.75, 3.05) is 5.32 Å². The highest BCUT2D eigenvalue weighted by atomic mass is 19.1. The van der Waals surface area contributed by atoms with Gasteiger partial charge < -0.3 is 15.4 Å². The number of hydrogen-bond acceptors (Lipinski definition) is 6. The van der Waals surface area contributed by atoms with Gasteiger partial charge >= 0.3 is 0 Å². The number of H-pyrrole nitrogens is 2. The average Bonchev–Trinajstić information content (AvgIpc) is 3.71. The van der Waals surface area contributed by atoms with Gasteiger partial charge in [0.15, 0.2) is 0 Å². The van der Waals surface area contributed by atoms with Gasteiger partial charge in [-0.3, -0.25) is 19.9 Å². The van der Waals surface area contributed by atoms with E-state index in [0.29, 0.717) is 39.4 Å². The summed E-state index contributed by atoms with van der Waals surface area (Å²) in [5.41, 5.74) is 6.75. The summed E-state index contributed by atoms with van der Waals surface area (Å²) in [6.45, 7) is 0. The summed E-state index contributed by atoms with van der Waals surface area (Å²) < 4.78 is 14.0. The molecule has 0 aliphatic heterocycles. The number of nitrogens with zero attached hydrogens (tertiary/aromatic N) is 4. The normalized spacial score (nSPS) is 13.8. The summed E-state index contributed by atoms with van der Waals surface area (Å²) in [7, 11) is 0. The maximum atomic E-state index is 14.0. The van der Waals surface area contributed by atoms with Gasteiger partial charge in [0.2, 0.25) is 5.91 Å². The van der Waals surface area contributed by atoms with Crippen LogP contribution >= 0.6 is 0 Å². The Morgan fingerprint density at radius 2 is 1.80 bits per heavy atom. The van der Waals surface area contributed by atoms with Crippen LogP contribution in [-0.2, 0) is 4.79 Å². The maximum absolute atomic E-state index is 14.0. The van der Waals surface area contributed by atoms with Crippen molar-refractivity contribution >= 4 is 33.5 Å². The lowest BCUT2D eigenvalue weighted by molar-refractivity contribution is -0.119. The number of carbonyl (C=O) groups excluding carboxylic acids is 1. The Hall–Kier alpha value is -5.12. The van der Waals surface area contributed by atoms with Gasteiger partial charge in [0, 0.05) is 40.9 Å². The van der Waals surface area contributed by atoms with E-state index in [2.05, 4.69) is 30.5 Å². The van der Waals surface area contributed by atoms with Gasteiger partial charge in [0.05, 0.1) is 40.5 Å². The maximum Gasteiger partial charge on any atom is 0.227 e. The minimum atomic E-state index is -0.533. The first-order chi connectivity index (χ1) is 19.5. The third-order valence-corrected chi connectivity index (χ3v) is 7.43. The molecule has 0 unspecified atom stereocenters. The van der Waals surface area contributed by atoms with Crippen LogP contribution in [-0.4, -0.2) is 41.1 Å². The number of phenolic OH excluding ortho intramolecular Hbond substituents is 1. The topological polar surface area (TPSA) is 132 Å². The predicted octanol–water partition coefficient (Wildman–Crippen LogP) is 6.20. The third-order valence-electron chi connectivity index (χ3n) is 7.43. The van der Waals surface area contributed by atoms with E-state index in [4.69, 9.17) is 4.98 Å². The lowest BCUT2D eigenvalue weighted by atomic mass is 10.0. The van der Waals surface area contributed by atoms with E-state index in [0.717, 1.165) is 53.7 Å². The number of amides is 1. The van der Waals surface area contributed by atoms with Crippen LogP contribution in [0.4, 0.5) is 10.1 Å². The zero-order chi connectivity index (χ0) is 27.2. The van der Waals surface area contributed by atoms with Gasteiger partial charge in [-0.15, -0.1) is 0 Å². The Morgan fingerprint density at radius 3 is 2.65 bits per heavy atom. The number of pyridine rings is 3. The summed E-state index contributed by atoms with van der Waals surface area (Å²) in [6, 6.07) is 11.5. The molecular formula is C30H24FN7O2. The second kappa shape index (κ2) is 9.57. The average molecular weight is 534 g/mol. The second-order valence-corrected chi connectivity index (χ2v) is 10.1. The van der Waals surface area contributed by atoms with Crippen LogP contribution < -0.4 is 5.32 Å². The number of anilines is 1. The Balaban J connectivity index is 1.25. The predicted molar refractivity (Wildman–Crippen MR) is 150 cm³/mol. The monoisotopic (exact) mass is 533 g/mol. The van der Waals surface area contributed by atoms with Crippen molar-refractivity contribution in [3.63, 3.8) is 0 Å². The molecule has 4 N–H and O–H groups in total. The molecule has 1 fully saturated rings. The van der Waals surface area contributed by atoms with Crippen LogP contribution in [0.15, 0.2) is 67.3 Å². The Kier molecular flexibility index (Phi) is 5.73. The molecule has 0 saturated heterocycles. The van der Waals surface area contributed by atoms with Gasteiger partial charge in [-0.1, -0.05) is 12.8 Å². The summed E-state index contributed by atoms with van der Waals surface area (Å²) in [5, 5.41) is 21.3. The number of aromatic nitrogens is 6. The van der Waals surface area contributed by atoms with Gasteiger partial charge in [-0.05, 0) is 54.8 Å². The van der Waals surface area contributed by atoms with Crippen molar-refractivity contribution in [2.45, 2.75) is 25.7 Å². The van der Waals surface area contributed by atoms with Crippen LogP contribution in [0.3, 0.4) is 0 Å². The molecule has 40 heavy (non-hydrogen) atoms. The zero-order valence-electron chi connectivity index (χ0n) is 21.3. The molecule has 6 aromatic rings. The molecule has 5 heterocycles. The van der Waals surface area contributed by atoms with Gasteiger partial charge in [0.25, 0.3) is 0 Å². The van der Waals surface area contributed by atoms with E-state index in [1.807, 2.05) is 24.3 Å². The van der Waals surface area contributed by atoms with Crippen molar-refractivity contribution in [3.8, 4) is 39.5 Å². The summed E-state index contributed by atoms with van der Waals surface area (Å²) in [4.78, 5) is 29.5. The molecule has 5 aromatic heterocycles. The van der Waals surface area contributed by atoms with Crippen LogP contribution in [0.5, 0.6) is 5.75 Å². The van der Waals surface area contributed by atoms with Crippen molar-refractivity contribution in [1.82, 2.24) is 30.1 Å². The summed E-state index contributed by atoms with van der Waals surface area (Å²) in [5.74, 6) is -0.591. The first-order valence-corrected chi connectivity index (χ1v) is 13.1. The van der Waals surface area contributed by atoms with Crippen LogP contribution in [0.1, 0.15) is 25.7 Å². The molecule has 10 heteroatoms. The lowest BCUT2D eigenvalue weighted by Crippen LogP contribution is -2.20. The molecule has 1 amide bonds. The van der Waals surface area contributed by atoms with Gasteiger partial charge in [-0.25, -0.2) is 9.37 Å². The minimum absolute atomic E-state index is 0.0399. The highest BCUT2D eigenvalue weighted by Crippen LogP contribution is 2.35. The molecular weight excluding hydrogens is 509 g/mol. The number of benzene rings is 1. The molecule has 0 atom stereocenters. The molecule has 0 radical (unpaired) electrons. The number of hydrogen-bond donors (Lipinski definition) is 4. The van der Waals surface area contributed by atoms with Crippen molar-refractivity contribution in [1.29, 1.82) is 0 Å². The lowest BCUT2D eigenvalue weighted by Gasteiger charge is -2.11. The molecule has 9 nitrogen and oxygen atoms in total. The molecule has 198 valence electrons. The van der Waals surface area contributed by atoms with Crippen molar-refractivity contribution in [3.05, 3.63) is 73.1 Å². The highest BCUT2D eigenvalue weighted by molar-refractivity contribution is 6.00. The summed E-state index contributed by atoms with van der Waals surface area (Å²) in [6.07, 6.45) is 10.7. The zero-order valence-corrected chi connectivity index (χ0v) is 21.3. The number of carbonyl (C=O) groups is 1. The fourth-order valence-corrected chi connectivity index (χ4v) is 5.47. The first-order valence-electron chi connectivity index (χ1n) is 13.1. The number of aromatic hydroxyl groups is 1. The van der Waals surface area contributed by atoms with Gasteiger partial charge in [-0.2, -0.15) is 5.10 Å². The van der Waals surface area contributed by atoms with Crippen LogP contribution in [0.25, 0.3) is 55.7 Å². The smallest absolute Gasteiger partial charge is 0.227 e. The Bertz CT molecular complexity index is 1890. The van der Waals surface area contributed by atoms with E-state index < -0.39 is 5.82 Å². The number of nitrogens with one attached hydrogen (secondary N) is 3. The molecule has 7 rings (SSSR count). The molecule has 1 aliphatic carbocycles. The Labute approximate surface area is 227 Å². The quantitative estimate of drug-likeness (QED) is 0.208. The second-order valence-electron chi connectivity index (χ2n) is 10.1. The number of phenols is 1. The molecule has 1 aromatic carbocycles. The number of aromatic amines is 2. The summed E-state index contributed by atoms with van der Waals surface area (Å²) >= 11 is 0. The first kappa shape index (κ1) is 24.0. The largest absolute Gasteiger partial charge is 0.508 e. The fourth-order valence-electron chi connectivity index (χ4n) is 5.47. The Morgan fingerprint density at radius 1 is 0.950 bits per heavy atom. The highest BCUT2D eigenvalue weighted by Gasteiger charge is 2.23. The molecule has 0 spiro atoms. The number of halogens is 1. The van der Waals surface area contributed by atoms with Gasteiger partial charge in [0.1, 0.15) is 22.8 Å². The molecule has 0 bridgehead atoms. The van der Waals surface area contributed by atoms with E-state index in [-0.39, 0.29) is 17.6 Å². The van der Waals surface area contributed by atoms with Crippen molar-refractivity contribution in [2.24, 2.45) is 5.92 Å². The van der Waals surface area contributed by atoms with Crippen LogP contribution in [0, 0.1) is 11.7 Å². The third kappa shape index (κ3) is 4.33. The minimum Gasteiger partial charge on any atom is -0.508 e. The standard InChI is InChI=1S/C30H24FN7O2/c31-19-7-17(9-21(39)10-19)23-14-33-15-27-22(23)11-26(35-27)29-28-25(37-38-29)6-5-24(36-28)18-8-20(13-32-12-18)34-30(40)16-3-1-2-4-16/h5-16,35,39H,1-4H2,(H,34,40)(H,37,38). The van der Waals surface area contributed by atoms with Crippen molar-refractivity contribution < 1.29 is 14.3 Å².